The number of benzene rings is 1. The number of carbonyl (C=O) groups excluding carboxylic acids is 1. The standard InChI is InChI=1S/C16H17N3O/c20-15(13-6-2-1-3-7-13)12-14-8-4-11-19(14)16-17-9-5-10-18-16/h1-3,5-7,9-10,14H,4,8,11-12H2/t14-/m0/s1. The molecule has 2 heterocycles. The molecule has 0 spiro atoms. The summed E-state index contributed by atoms with van der Waals surface area (Å²) in [7, 11) is 0. The van der Waals surface area contributed by atoms with Gasteiger partial charge in [0, 0.05) is 37.0 Å². The van der Waals surface area contributed by atoms with Crippen LogP contribution in [0, 0.1) is 0 Å². The lowest BCUT2D eigenvalue weighted by Gasteiger charge is -2.23. The Morgan fingerprint density at radius 2 is 1.90 bits per heavy atom. The Hall–Kier alpha value is -2.23. The molecule has 1 fully saturated rings. The first-order valence-corrected chi connectivity index (χ1v) is 6.96. The van der Waals surface area contributed by atoms with Crippen LogP contribution in [-0.2, 0) is 0 Å². The minimum absolute atomic E-state index is 0.193. The Bertz CT molecular complexity index is 571. The van der Waals surface area contributed by atoms with Gasteiger partial charge < -0.3 is 4.90 Å². The maximum Gasteiger partial charge on any atom is 0.225 e. The molecule has 1 atom stereocenters. The lowest BCUT2D eigenvalue weighted by Crippen LogP contribution is -2.32. The summed E-state index contributed by atoms with van der Waals surface area (Å²) in [6, 6.07) is 11.5. The van der Waals surface area contributed by atoms with Crippen LogP contribution in [0.4, 0.5) is 5.95 Å². The highest BCUT2D eigenvalue weighted by atomic mass is 16.1. The maximum absolute atomic E-state index is 12.3. The topological polar surface area (TPSA) is 46.1 Å². The number of nitrogens with zero attached hydrogens (tertiary/aromatic N) is 3. The number of carbonyl (C=O) groups is 1. The monoisotopic (exact) mass is 267 g/mol. The van der Waals surface area contributed by atoms with E-state index >= 15 is 0 Å². The van der Waals surface area contributed by atoms with E-state index in [0.717, 1.165) is 30.9 Å². The molecule has 3 rings (SSSR count). The third kappa shape index (κ3) is 2.69. The van der Waals surface area contributed by atoms with Gasteiger partial charge in [0.05, 0.1) is 0 Å². The summed E-state index contributed by atoms with van der Waals surface area (Å²) in [5.41, 5.74) is 0.785. The van der Waals surface area contributed by atoms with E-state index in [-0.39, 0.29) is 11.8 Å². The van der Waals surface area contributed by atoms with Crippen molar-refractivity contribution in [3.05, 3.63) is 54.4 Å². The molecule has 1 aromatic heterocycles. The molecule has 2 aromatic rings. The normalized spacial score (nSPS) is 18.2. The van der Waals surface area contributed by atoms with Gasteiger partial charge >= 0.3 is 0 Å². The lowest BCUT2D eigenvalue weighted by atomic mass is 10.0. The minimum atomic E-state index is 0.193. The summed E-state index contributed by atoms with van der Waals surface area (Å²) in [5.74, 6) is 0.925. The number of hydrogen-bond donors (Lipinski definition) is 0. The van der Waals surface area contributed by atoms with Crippen molar-refractivity contribution in [2.75, 3.05) is 11.4 Å². The van der Waals surface area contributed by atoms with Crippen molar-refractivity contribution in [3.63, 3.8) is 0 Å². The third-order valence-electron chi connectivity index (χ3n) is 3.70. The highest BCUT2D eigenvalue weighted by Gasteiger charge is 2.28. The van der Waals surface area contributed by atoms with Gasteiger partial charge in [0.25, 0.3) is 0 Å². The molecule has 0 saturated carbocycles. The number of hydrogen-bond acceptors (Lipinski definition) is 4. The van der Waals surface area contributed by atoms with Crippen LogP contribution in [0.2, 0.25) is 0 Å². The smallest absolute Gasteiger partial charge is 0.225 e. The van der Waals surface area contributed by atoms with Crippen LogP contribution in [0.3, 0.4) is 0 Å². The second kappa shape index (κ2) is 5.82. The fourth-order valence-electron chi connectivity index (χ4n) is 2.71. The predicted octanol–water partition coefficient (Wildman–Crippen LogP) is 2.72. The molecule has 1 aliphatic heterocycles. The molecule has 0 bridgehead atoms. The van der Waals surface area contributed by atoms with Crippen molar-refractivity contribution in [3.8, 4) is 0 Å². The van der Waals surface area contributed by atoms with Crippen molar-refractivity contribution < 1.29 is 4.79 Å². The molecule has 0 radical (unpaired) electrons. The van der Waals surface area contributed by atoms with Crippen LogP contribution >= 0.6 is 0 Å². The highest BCUT2D eigenvalue weighted by molar-refractivity contribution is 5.96. The Kier molecular flexibility index (Phi) is 3.72. The van der Waals surface area contributed by atoms with Crippen LogP contribution in [-0.4, -0.2) is 28.3 Å². The van der Waals surface area contributed by atoms with E-state index in [4.69, 9.17) is 0 Å². The molecule has 0 aliphatic carbocycles. The van der Waals surface area contributed by atoms with Gasteiger partial charge in [-0.2, -0.15) is 0 Å². The van der Waals surface area contributed by atoms with Gasteiger partial charge in [0.2, 0.25) is 5.95 Å². The quantitative estimate of drug-likeness (QED) is 0.799. The Morgan fingerprint density at radius 3 is 2.65 bits per heavy atom. The van der Waals surface area contributed by atoms with Gasteiger partial charge in [0.15, 0.2) is 5.78 Å². The molecule has 4 heteroatoms. The summed E-state index contributed by atoms with van der Waals surface area (Å²) in [6.45, 7) is 0.927. The maximum atomic E-state index is 12.3. The molecular formula is C16H17N3O. The van der Waals surface area contributed by atoms with Gasteiger partial charge in [-0.05, 0) is 18.9 Å². The van der Waals surface area contributed by atoms with Gasteiger partial charge in [-0.25, -0.2) is 9.97 Å². The largest absolute Gasteiger partial charge is 0.337 e. The fraction of sp³-hybridized carbons (Fsp3) is 0.312. The van der Waals surface area contributed by atoms with E-state index in [2.05, 4.69) is 14.9 Å². The second-order valence-electron chi connectivity index (χ2n) is 5.03. The highest BCUT2D eigenvalue weighted by Crippen LogP contribution is 2.25. The van der Waals surface area contributed by atoms with E-state index < -0.39 is 0 Å². The average Bonchev–Trinajstić information content (AvgIpc) is 2.97. The van der Waals surface area contributed by atoms with Crippen molar-refractivity contribution in [2.24, 2.45) is 0 Å². The zero-order valence-electron chi connectivity index (χ0n) is 11.3. The summed E-state index contributed by atoms with van der Waals surface area (Å²) in [6.07, 6.45) is 6.14. The lowest BCUT2D eigenvalue weighted by molar-refractivity contribution is 0.0974. The van der Waals surface area contributed by atoms with Gasteiger partial charge in [-0.1, -0.05) is 30.3 Å². The molecule has 1 saturated heterocycles. The van der Waals surface area contributed by atoms with Crippen molar-refractivity contribution in [2.45, 2.75) is 25.3 Å². The van der Waals surface area contributed by atoms with Gasteiger partial charge in [-0.15, -0.1) is 0 Å². The Balaban J connectivity index is 1.72. The minimum Gasteiger partial charge on any atom is -0.337 e. The number of aromatic nitrogens is 2. The van der Waals surface area contributed by atoms with Crippen LogP contribution < -0.4 is 4.90 Å². The molecule has 0 amide bonds. The predicted molar refractivity (Wildman–Crippen MR) is 77.8 cm³/mol. The molecule has 0 N–H and O–H groups in total. The van der Waals surface area contributed by atoms with Crippen LogP contribution in [0.15, 0.2) is 48.8 Å². The average molecular weight is 267 g/mol. The van der Waals surface area contributed by atoms with E-state index in [1.807, 2.05) is 36.4 Å². The first-order chi connectivity index (χ1) is 9.84. The van der Waals surface area contributed by atoms with E-state index in [9.17, 15) is 4.79 Å². The number of Topliss-reactive ketones (excluding diaryl/α,β-unsaturated/α-hetero) is 1. The van der Waals surface area contributed by atoms with Crippen molar-refractivity contribution >= 4 is 11.7 Å². The SMILES string of the molecule is O=C(C[C@@H]1CCCN1c1ncccn1)c1ccccc1. The summed E-state index contributed by atoms with van der Waals surface area (Å²) in [5, 5.41) is 0. The van der Waals surface area contributed by atoms with E-state index in [1.54, 1.807) is 12.4 Å². The van der Waals surface area contributed by atoms with Crippen LogP contribution in [0.25, 0.3) is 0 Å². The van der Waals surface area contributed by atoms with Crippen LogP contribution in [0.5, 0.6) is 0 Å². The van der Waals surface area contributed by atoms with Crippen molar-refractivity contribution in [1.29, 1.82) is 0 Å². The first-order valence-electron chi connectivity index (χ1n) is 6.96. The number of anilines is 1. The molecule has 1 aromatic carbocycles. The van der Waals surface area contributed by atoms with Gasteiger partial charge in [-0.3, -0.25) is 4.79 Å². The molecule has 20 heavy (non-hydrogen) atoms. The number of ketones is 1. The summed E-state index contributed by atoms with van der Waals surface area (Å²) in [4.78, 5) is 23.1. The molecule has 0 unspecified atom stereocenters. The summed E-state index contributed by atoms with van der Waals surface area (Å²) >= 11 is 0. The zero-order chi connectivity index (χ0) is 13.8. The number of rotatable bonds is 4. The molecule has 102 valence electrons. The molecule has 4 nitrogen and oxygen atoms in total. The fourth-order valence-corrected chi connectivity index (χ4v) is 2.71. The Labute approximate surface area is 118 Å². The van der Waals surface area contributed by atoms with E-state index in [0.29, 0.717) is 6.42 Å². The summed E-state index contributed by atoms with van der Waals surface area (Å²) < 4.78 is 0. The molecule has 1 aliphatic rings. The zero-order valence-corrected chi connectivity index (χ0v) is 11.3. The van der Waals surface area contributed by atoms with Gasteiger partial charge in [0.1, 0.15) is 0 Å². The third-order valence-corrected chi connectivity index (χ3v) is 3.70. The molecular weight excluding hydrogens is 250 g/mol. The Morgan fingerprint density at radius 1 is 1.15 bits per heavy atom. The van der Waals surface area contributed by atoms with Crippen LogP contribution in [0.1, 0.15) is 29.6 Å². The van der Waals surface area contributed by atoms with Crippen molar-refractivity contribution in [1.82, 2.24) is 9.97 Å². The first kappa shape index (κ1) is 12.8. The van der Waals surface area contributed by atoms with E-state index in [1.165, 1.54) is 0 Å². The second-order valence-corrected chi connectivity index (χ2v) is 5.03.